The number of halogens is 1. The Hall–Kier alpha value is -1.25. The van der Waals surface area contributed by atoms with Crippen LogP contribution < -0.4 is 0 Å². The molecule has 2 nitrogen and oxygen atoms in total. The highest BCUT2D eigenvalue weighted by Gasteiger charge is 2.14. The predicted molar refractivity (Wildman–Crippen MR) is 45.1 cm³/mol. The molecule has 0 aromatic rings. The summed E-state index contributed by atoms with van der Waals surface area (Å²) < 4.78 is 0. The minimum Gasteiger partial charge on any atom is -0.280 e. The summed E-state index contributed by atoms with van der Waals surface area (Å²) >= 11 is 5.25. The van der Waals surface area contributed by atoms with Gasteiger partial charge in [0, 0.05) is 5.57 Å². The van der Waals surface area contributed by atoms with Gasteiger partial charge in [-0.25, -0.2) is 0 Å². The van der Waals surface area contributed by atoms with Gasteiger partial charge in [-0.3, -0.25) is 4.79 Å². The van der Waals surface area contributed by atoms with Gasteiger partial charge in [-0.15, -0.1) is 0 Å². The van der Waals surface area contributed by atoms with E-state index in [1.54, 1.807) is 6.08 Å². The summed E-state index contributed by atoms with van der Waals surface area (Å²) in [5.41, 5.74) is 0.784. The highest BCUT2D eigenvalue weighted by Crippen LogP contribution is 2.15. The number of nitriles is 1. The fourth-order valence-electron chi connectivity index (χ4n) is 0.901. The minimum absolute atomic E-state index is 0.316. The molecule has 3 heteroatoms. The summed E-state index contributed by atoms with van der Waals surface area (Å²) in [6, 6.07) is 1.99. The van der Waals surface area contributed by atoms with Crippen molar-refractivity contribution in [1.82, 2.24) is 0 Å². The lowest BCUT2D eigenvalue weighted by atomic mass is 9.99. The maximum atomic E-state index is 10.6. The first-order chi connectivity index (χ1) is 5.74. The quantitative estimate of drug-likeness (QED) is 0.478. The van der Waals surface area contributed by atoms with Crippen LogP contribution in [0.15, 0.2) is 11.6 Å². The third-order valence-electron chi connectivity index (χ3n) is 1.55. The Balaban J connectivity index is 2.64. The second-order valence-electron chi connectivity index (χ2n) is 2.43. The zero-order chi connectivity index (χ0) is 8.97. The molecule has 1 aliphatic carbocycles. The Morgan fingerprint density at radius 2 is 2.67 bits per heavy atom. The zero-order valence-electron chi connectivity index (χ0n) is 6.30. The van der Waals surface area contributed by atoms with Crippen LogP contribution in [0.3, 0.4) is 0 Å². The van der Waals surface area contributed by atoms with Gasteiger partial charge >= 0.3 is 0 Å². The molecule has 0 amide bonds. The zero-order valence-corrected chi connectivity index (χ0v) is 7.06. The molecule has 1 unspecified atom stereocenters. The van der Waals surface area contributed by atoms with Crippen molar-refractivity contribution in [3.05, 3.63) is 11.6 Å². The Labute approximate surface area is 75.8 Å². The SMILES string of the molecule is N#CCC1=CCC(C(=O)Cl)C#C1. The molecular formula is C9H6ClNO. The Kier molecular flexibility index (Phi) is 2.91. The molecule has 1 aliphatic rings. The van der Waals surface area contributed by atoms with Crippen LogP contribution in [0.1, 0.15) is 12.8 Å². The number of nitrogens with zero attached hydrogens (tertiary/aromatic N) is 1. The fraction of sp³-hybridized carbons (Fsp3) is 0.333. The number of carbonyl (C=O) groups excluding carboxylic acids is 1. The smallest absolute Gasteiger partial charge is 0.236 e. The third kappa shape index (κ3) is 2.12. The normalized spacial score (nSPS) is 20.0. The van der Waals surface area contributed by atoms with E-state index in [2.05, 4.69) is 11.8 Å². The first-order valence-electron chi connectivity index (χ1n) is 3.51. The molecule has 0 saturated carbocycles. The molecule has 0 bridgehead atoms. The first kappa shape index (κ1) is 8.84. The first-order valence-corrected chi connectivity index (χ1v) is 3.88. The van der Waals surface area contributed by atoms with Gasteiger partial charge in [0.15, 0.2) is 0 Å². The molecule has 0 aliphatic heterocycles. The second-order valence-corrected chi connectivity index (χ2v) is 2.80. The summed E-state index contributed by atoms with van der Waals surface area (Å²) in [5.74, 6) is 5.06. The van der Waals surface area contributed by atoms with Crippen LogP contribution in [0.5, 0.6) is 0 Å². The van der Waals surface area contributed by atoms with E-state index in [1.807, 2.05) is 6.07 Å². The maximum Gasteiger partial charge on any atom is 0.236 e. The lowest BCUT2D eigenvalue weighted by Gasteiger charge is -2.05. The van der Waals surface area contributed by atoms with E-state index >= 15 is 0 Å². The monoisotopic (exact) mass is 179 g/mol. The van der Waals surface area contributed by atoms with E-state index in [0.29, 0.717) is 12.8 Å². The van der Waals surface area contributed by atoms with Crippen LogP contribution in [0, 0.1) is 29.1 Å². The van der Waals surface area contributed by atoms with Gasteiger partial charge < -0.3 is 0 Å². The van der Waals surface area contributed by atoms with Crippen LogP contribution >= 0.6 is 11.6 Å². The van der Waals surface area contributed by atoms with Crippen LogP contribution in [-0.4, -0.2) is 5.24 Å². The van der Waals surface area contributed by atoms with Gasteiger partial charge in [0.2, 0.25) is 5.24 Å². The van der Waals surface area contributed by atoms with Gasteiger partial charge in [-0.2, -0.15) is 5.26 Å². The molecule has 0 spiro atoms. The van der Waals surface area contributed by atoms with Crippen molar-refractivity contribution >= 4 is 16.8 Å². The number of rotatable bonds is 2. The third-order valence-corrected chi connectivity index (χ3v) is 1.81. The molecule has 0 saturated heterocycles. The van der Waals surface area contributed by atoms with E-state index < -0.39 is 5.24 Å². The molecule has 0 heterocycles. The molecule has 0 N–H and O–H groups in total. The summed E-state index contributed by atoms with van der Waals surface area (Å²) in [6.07, 6.45) is 2.65. The predicted octanol–water partition coefficient (Wildman–Crippen LogP) is 1.62. The molecule has 0 radical (unpaired) electrons. The lowest BCUT2D eigenvalue weighted by molar-refractivity contribution is -0.113. The Bertz CT molecular complexity index is 327. The van der Waals surface area contributed by atoms with Gasteiger partial charge in [0.25, 0.3) is 0 Å². The number of carbonyl (C=O) groups is 1. The van der Waals surface area contributed by atoms with Crippen molar-refractivity contribution in [2.45, 2.75) is 12.8 Å². The van der Waals surface area contributed by atoms with Crippen LogP contribution in [-0.2, 0) is 4.79 Å². The van der Waals surface area contributed by atoms with Crippen molar-refractivity contribution in [3.63, 3.8) is 0 Å². The van der Waals surface area contributed by atoms with E-state index in [9.17, 15) is 4.79 Å². The van der Waals surface area contributed by atoms with Gasteiger partial charge in [0.1, 0.15) is 0 Å². The molecule has 0 aromatic carbocycles. The number of allylic oxidation sites excluding steroid dienone is 2. The molecule has 0 fully saturated rings. The van der Waals surface area contributed by atoms with Gasteiger partial charge in [-0.1, -0.05) is 17.9 Å². The Morgan fingerprint density at radius 1 is 1.92 bits per heavy atom. The minimum atomic E-state index is -0.422. The van der Waals surface area contributed by atoms with Crippen molar-refractivity contribution in [2.24, 2.45) is 5.92 Å². The highest BCUT2D eigenvalue weighted by molar-refractivity contribution is 6.64. The summed E-state index contributed by atoms with van der Waals surface area (Å²) in [5, 5.41) is 7.92. The Morgan fingerprint density at radius 3 is 3.08 bits per heavy atom. The van der Waals surface area contributed by atoms with Gasteiger partial charge in [-0.05, 0) is 18.0 Å². The lowest BCUT2D eigenvalue weighted by Crippen LogP contribution is -2.07. The molecule has 0 aromatic heterocycles. The average molecular weight is 180 g/mol. The van der Waals surface area contributed by atoms with Crippen molar-refractivity contribution in [2.75, 3.05) is 0 Å². The van der Waals surface area contributed by atoms with Crippen molar-refractivity contribution in [3.8, 4) is 17.9 Å². The topological polar surface area (TPSA) is 40.9 Å². The van der Waals surface area contributed by atoms with Crippen LogP contribution in [0.4, 0.5) is 0 Å². The number of hydrogen-bond donors (Lipinski definition) is 0. The molecular weight excluding hydrogens is 174 g/mol. The van der Waals surface area contributed by atoms with E-state index in [4.69, 9.17) is 16.9 Å². The van der Waals surface area contributed by atoms with Crippen molar-refractivity contribution < 1.29 is 4.79 Å². The van der Waals surface area contributed by atoms with Gasteiger partial charge in [0.05, 0.1) is 18.4 Å². The molecule has 60 valence electrons. The van der Waals surface area contributed by atoms with E-state index in [-0.39, 0.29) is 5.92 Å². The largest absolute Gasteiger partial charge is 0.280 e. The van der Waals surface area contributed by atoms with E-state index in [1.165, 1.54) is 0 Å². The molecule has 1 atom stereocenters. The second kappa shape index (κ2) is 3.95. The molecule has 1 rings (SSSR count). The fourth-order valence-corrected chi connectivity index (χ4v) is 1.04. The standard InChI is InChI=1S/C9H6ClNO/c10-9(12)8-3-1-7(2-4-8)5-6-11/h1,8H,3,5H2. The number of hydrogen-bond acceptors (Lipinski definition) is 2. The summed E-state index contributed by atoms with van der Waals surface area (Å²) in [7, 11) is 0. The van der Waals surface area contributed by atoms with Crippen molar-refractivity contribution in [1.29, 1.82) is 5.26 Å². The highest BCUT2D eigenvalue weighted by atomic mass is 35.5. The molecule has 12 heavy (non-hydrogen) atoms. The summed E-state index contributed by atoms with van der Waals surface area (Å²) in [6.45, 7) is 0. The maximum absolute atomic E-state index is 10.6. The summed E-state index contributed by atoms with van der Waals surface area (Å²) in [4.78, 5) is 10.6. The van der Waals surface area contributed by atoms with Crippen LogP contribution in [0.25, 0.3) is 0 Å². The average Bonchev–Trinajstić information content (AvgIpc) is 2.06. The van der Waals surface area contributed by atoms with Crippen LogP contribution in [0.2, 0.25) is 0 Å². The van der Waals surface area contributed by atoms with E-state index in [0.717, 1.165) is 5.57 Å².